The highest BCUT2D eigenvalue weighted by Gasteiger charge is 2.14. The molecule has 0 radical (unpaired) electrons. The van der Waals surface area contributed by atoms with Crippen LogP contribution in [0.25, 0.3) is 0 Å². The van der Waals surface area contributed by atoms with E-state index in [0.29, 0.717) is 6.42 Å². The summed E-state index contributed by atoms with van der Waals surface area (Å²) in [5, 5.41) is 11.5. The second kappa shape index (κ2) is 5.46. The molecule has 0 unspecified atom stereocenters. The van der Waals surface area contributed by atoms with Gasteiger partial charge in [-0.05, 0) is 24.6 Å². The summed E-state index contributed by atoms with van der Waals surface area (Å²) < 4.78 is 12.9. The van der Waals surface area contributed by atoms with Crippen molar-refractivity contribution >= 4 is 11.6 Å². The van der Waals surface area contributed by atoms with Gasteiger partial charge in [-0.15, -0.1) is 0 Å². The standard InChI is InChI=1S/C11H15FN2O2/c1-2-8(6-15)14-11(16)9-5-7(12)3-4-10(9)13/h3-5,8,15H,2,6,13H2,1H3,(H,14,16)/t8-/m0/s1. The number of halogens is 1. The van der Waals surface area contributed by atoms with Crippen molar-refractivity contribution in [3.8, 4) is 0 Å². The highest BCUT2D eigenvalue weighted by Crippen LogP contribution is 2.13. The van der Waals surface area contributed by atoms with Crippen molar-refractivity contribution in [2.75, 3.05) is 12.3 Å². The highest BCUT2D eigenvalue weighted by molar-refractivity contribution is 5.99. The van der Waals surface area contributed by atoms with Gasteiger partial charge in [0.1, 0.15) is 5.82 Å². The Morgan fingerprint density at radius 2 is 2.31 bits per heavy atom. The molecule has 0 heterocycles. The lowest BCUT2D eigenvalue weighted by atomic mass is 10.1. The molecule has 1 aromatic carbocycles. The van der Waals surface area contributed by atoms with E-state index in [9.17, 15) is 9.18 Å². The summed E-state index contributed by atoms with van der Waals surface area (Å²) in [5.41, 5.74) is 5.86. The maximum Gasteiger partial charge on any atom is 0.253 e. The number of benzene rings is 1. The normalized spacial score (nSPS) is 12.2. The molecule has 0 aromatic heterocycles. The third-order valence-corrected chi connectivity index (χ3v) is 2.31. The zero-order valence-corrected chi connectivity index (χ0v) is 9.03. The lowest BCUT2D eigenvalue weighted by molar-refractivity contribution is 0.0915. The van der Waals surface area contributed by atoms with Crippen LogP contribution in [0.2, 0.25) is 0 Å². The Labute approximate surface area is 93.3 Å². The summed E-state index contributed by atoms with van der Waals surface area (Å²) in [7, 11) is 0. The van der Waals surface area contributed by atoms with E-state index in [4.69, 9.17) is 10.8 Å². The Hall–Kier alpha value is -1.62. The molecule has 0 saturated carbocycles. The molecule has 1 rings (SSSR count). The zero-order valence-electron chi connectivity index (χ0n) is 9.03. The first kappa shape index (κ1) is 12.4. The number of nitrogens with one attached hydrogen (secondary N) is 1. The van der Waals surface area contributed by atoms with Gasteiger partial charge in [-0.3, -0.25) is 4.79 Å². The molecule has 0 saturated heterocycles. The van der Waals surface area contributed by atoms with Crippen LogP contribution in [0, 0.1) is 5.82 Å². The largest absolute Gasteiger partial charge is 0.398 e. The molecular weight excluding hydrogens is 211 g/mol. The van der Waals surface area contributed by atoms with Crippen molar-refractivity contribution in [1.82, 2.24) is 5.32 Å². The van der Waals surface area contributed by atoms with Crippen LogP contribution in [0.1, 0.15) is 23.7 Å². The zero-order chi connectivity index (χ0) is 12.1. The minimum atomic E-state index is -0.517. The van der Waals surface area contributed by atoms with Gasteiger partial charge in [0.15, 0.2) is 0 Å². The summed E-state index contributed by atoms with van der Waals surface area (Å²) in [5.74, 6) is -0.991. The molecular formula is C11H15FN2O2. The Morgan fingerprint density at radius 1 is 1.62 bits per heavy atom. The number of aliphatic hydroxyl groups is 1. The van der Waals surface area contributed by atoms with Crippen LogP contribution in [0.15, 0.2) is 18.2 Å². The van der Waals surface area contributed by atoms with Crippen LogP contribution in [-0.4, -0.2) is 23.7 Å². The fraction of sp³-hybridized carbons (Fsp3) is 0.364. The molecule has 0 bridgehead atoms. The number of aliphatic hydroxyl groups excluding tert-OH is 1. The predicted octanol–water partition coefficient (Wildman–Crippen LogP) is 0.909. The van der Waals surface area contributed by atoms with E-state index in [1.54, 1.807) is 0 Å². The lowest BCUT2D eigenvalue weighted by Crippen LogP contribution is -2.37. The molecule has 5 heteroatoms. The second-order valence-corrected chi connectivity index (χ2v) is 3.49. The van der Waals surface area contributed by atoms with Gasteiger partial charge in [0.05, 0.1) is 18.2 Å². The van der Waals surface area contributed by atoms with E-state index in [2.05, 4.69) is 5.32 Å². The van der Waals surface area contributed by atoms with Gasteiger partial charge in [0.2, 0.25) is 0 Å². The van der Waals surface area contributed by atoms with Crippen molar-refractivity contribution in [3.63, 3.8) is 0 Å². The Balaban J connectivity index is 2.83. The first-order valence-electron chi connectivity index (χ1n) is 5.05. The number of rotatable bonds is 4. The van der Waals surface area contributed by atoms with Crippen molar-refractivity contribution in [3.05, 3.63) is 29.6 Å². The monoisotopic (exact) mass is 226 g/mol. The average molecular weight is 226 g/mol. The molecule has 4 N–H and O–H groups in total. The molecule has 4 nitrogen and oxygen atoms in total. The fourth-order valence-electron chi connectivity index (χ4n) is 1.27. The number of hydrogen-bond donors (Lipinski definition) is 3. The second-order valence-electron chi connectivity index (χ2n) is 3.49. The van der Waals surface area contributed by atoms with Gasteiger partial charge >= 0.3 is 0 Å². The lowest BCUT2D eigenvalue weighted by Gasteiger charge is -2.14. The number of hydrogen-bond acceptors (Lipinski definition) is 3. The molecule has 0 aliphatic rings. The average Bonchev–Trinajstić information content (AvgIpc) is 2.28. The van der Waals surface area contributed by atoms with Crippen molar-refractivity contribution in [1.29, 1.82) is 0 Å². The molecule has 88 valence electrons. The fourth-order valence-corrected chi connectivity index (χ4v) is 1.27. The van der Waals surface area contributed by atoms with Crippen LogP contribution in [0.3, 0.4) is 0 Å². The van der Waals surface area contributed by atoms with Gasteiger partial charge in [0, 0.05) is 5.69 Å². The summed E-state index contributed by atoms with van der Waals surface area (Å²) >= 11 is 0. The third-order valence-electron chi connectivity index (χ3n) is 2.31. The van der Waals surface area contributed by atoms with E-state index >= 15 is 0 Å². The molecule has 0 fully saturated rings. The van der Waals surface area contributed by atoms with Crippen molar-refractivity contribution < 1.29 is 14.3 Å². The molecule has 0 aliphatic heterocycles. The van der Waals surface area contributed by atoms with E-state index in [-0.39, 0.29) is 23.9 Å². The van der Waals surface area contributed by atoms with E-state index in [1.165, 1.54) is 12.1 Å². The maximum atomic E-state index is 12.9. The first-order chi connectivity index (χ1) is 7.58. The van der Waals surface area contributed by atoms with Crippen molar-refractivity contribution in [2.24, 2.45) is 0 Å². The number of anilines is 1. The van der Waals surface area contributed by atoms with E-state index < -0.39 is 11.7 Å². The minimum Gasteiger partial charge on any atom is -0.398 e. The maximum absolute atomic E-state index is 12.9. The van der Waals surface area contributed by atoms with E-state index in [1.807, 2.05) is 6.92 Å². The highest BCUT2D eigenvalue weighted by atomic mass is 19.1. The molecule has 1 aromatic rings. The predicted molar refractivity (Wildman–Crippen MR) is 59.4 cm³/mol. The smallest absolute Gasteiger partial charge is 0.253 e. The number of nitrogens with two attached hydrogens (primary N) is 1. The van der Waals surface area contributed by atoms with Gasteiger partial charge in [-0.25, -0.2) is 4.39 Å². The van der Waals surface area contributed by atoms with Gasteiger partial charge in [-0.2, -0.15) is 0 Å². The summed E-state index contributed by atoms with van der Waals surface area (Å²) in [4.78, 5) is 11.7. The van der Waals surface area contributed by atoms with Crippen LogP contribution in [0.5, 0.6) is 0 Å². The van der Waals surface area contributed by atoms with Gasteiger partial charge in [-0.1, -0.05) is 6.92 Å². The summed E-state index contributed by atoms with van der Waals surface area (Å²) in [6, 6.07) is 3.27. The molecule has 1 amide bonds. The minimum absolute atomic E-state index is 0.0897. The van der Waals surface area contributed by atoms with Crippen LogP contribution >= 0.6 is 0 Å². The Kier molecular flexibility index (Phi) is 4.25. The van der Waals surface area contributed by atoms with Crippen LogP contribution in [0.4, 0.5) is 10.1 Å². The Morgan fingerprint density at radius 3 is 2.88 bits per heavy atom. The third kappa shape index (κ3) is 2.93. The van der Waals surface area contributed by atoms with Crippen LogP contribution in [-0.2, 0) is 0 Å². The molecule has 16 heavy (non-hydrogen) atoms. The quantitative estimate of drug-likeness (QED) is 0.668. The number of carbonyl (C=O) groups is 1. The SMILES string of the molecule is CC[C@@H](CO)NC(=O)c1cc(F)ccc1N. The first-order valence-corrected chi connectivity index (χ1v) is 5.05. The number of amides is 1. The van der Waals surface area contributed by atoms with E-state index in [0.717, 1.165) is 6.07 Å². The number of nitrogen functional groups attached to an aromatic ring is 1. The van der Waals surface area contributed by atoms with Crippen LogP contribution < -0.4 is 11.1 Å². The summed E-state index contributed by atoms with van der Waals surface area (Å²) in [6.45, 7) is 1.67. The summed E-state index contributed by atoms with van der Waals surface area (Å²) in [6.07, 6.45) is 0.595. The number of carbonyl (C=O) groups excluding carboxylic acids is 1. The van der Waals surface area contributed by atoms with Gasteiger partial charge in [0.25, 0.3) is 5.91 Å². The van der Waals surface area contributed by atoms with Gasteiger partial charge < -0.3 is 16.2 Å². The van der Waals surface area contributed by atoms with Crippen molar-refractivity contribution in [2.45, 2.75) is 19.4 Å². The Bertz CT molecular complexity index is 378. The molecule has 1 atom stereocenters. The molecule has 0 aliphatic carbocycles. The topological polar surface area (TPSA) is 75.3 Å². The molecule has 0 spiro atoms.